The van der Waals surface area contributed by atoms with Crippen LogP contribution in [0, 0.1) is 0 Å². The summed E-state index contributed by atoms with van der Waals surface area (Å²) in [6.07, 6.45) is 3.94. The normalized spacial score (nSPS) is 13.9. The highest BCUT2D eigenvalue weighted by Gasteiger charge is 2.05. The largest absolute Gasteiger partial charge is 0.312 e. The van der Waals surface area contributed by atoms with Crippen LogP contribution in [0.5, 0.6) is 0 Å². The number of rotatable bonds is 6. The Balaban J connectivity index is 3.41. The van der Waals surface area contributed by atoms with Crippen LogP contribution >= 0.6 is 22.6 Å². The lowest BCUT2D eigenvalue weighted by molar-refractivity contribution is 0.427. The zero-order chi connectivity index (χ0) is 8.69. The Labute approximate surface area is 84.5 Å². The van der Waals surface area contributed by atoms with Gasteiger partial charge in [-0.3, -0.25) is 0 Å². The minimum atomic E-state index is 0.633. The van der Waals surface area contributed by atoms with E-state index >= 15 is 0 Å². The van der Waals surface area contributed by atoms with Gasteiger partial charge in [-0.1, -0.05) is 43.4 Å². The minimum absolute atomic E-state index is 0.633. The van der Waals surface area contributed by atoms with Crippen molar-refractivity contribution >= 4 is 22.6 Å². The van der Waals surface area contributed by atoms with Gasteiger partial charge in [-0.05, 0) is 23.7 Å². The van der Waals surface area contributed by atoms with Gasteiger partial charge >= 0.3 is 0 Å². The fraction of sp³-hybridized carbons (Fsp3) is 1.00. The monoisotopic (exact) mass is 269 g/mol. The topological polar surface area (TPSA) is 12.0 Å². The molecule has 0 heterocycles. The van der Waals surface area contributed by atoms with Gasteiger partial charge in [0.05, 0.1) is 0 Å². The zero-order valence-electron chi connectivity index (χ0n) is 7.86. The van der Waals surface area contributed by atoms with E-state index < -0.39 is 0 Å². The first-order valence-corrected chi connectivity index (χ1v) is 6.05. The Morgan fingerprint density at radius 3 is 2.36 bits per heavy atom. The number of nitrogens with one attached hydrogen (secondary N) is 1. The van der Waals surface area contributed by atoms with Crippen molar-refractivity contribution in [3.63, 3.8) is 0 Å². The Morgan fingerprint density at radius 1 is 1.36 bits per heavy atom. The van der Waals surface area contributed by atoms with Crippen LogP contribution < -0.4 is 5.32 Å². The third kappa shape index (κ3) is 7.06. The molecule has 0 bridgehead atoms. The molecule has 0 amide bonds. The molecule has 0 aromatic carbocycles. The number of halogens is 1. The van der Waals surface area contributed by atoms with Gasteiger partial charge in [0.25, 0.3) is 0 Å². The van der Waals surface area contributed by atoms with Crippen molar-refractivity contribution in [1.29, 1.82) is 0 Å². The van der Waals surface area contributed by atoms with Crippen LogP contribution in [0.25, 0.3) is 0 Å². The van der Waals surface area contributed by atoms with E-state index in [1.54, 1.807) is 0 Å². The van der Waals surface area contributed by atoms with Crippen LogP contribution in [0.3, 0.4) is 0 Å². The number of hydrogen-bond donors (Lipinski definition) is 1. The molecule has 0 aliphatic heterocycles. The van der Waals surface area contributed by atoms with Crippen molar-refractivity contribution < 1.29 is 0 Å². The van der Waals surface area contributed by atoms with Gasteiger partial charge < -0.3 is 5.32 Å². The Hall–Kier alpha value is 0.690. The summed E-state index contributed by atoms with van der Waals surface area (Å²) < 4.78 is 1.29. The summed E-state index contributed by atoms with van der Waals surface area (Å²) in [5.41, 5.74) is 0. The van der Waals surface area contributed by atoms with Crippen LogP contribution in [0.1, 0.15) is 40.0 Å². The molecule has 0 saturated heterocycles. The van der Waals surface area contributed by atoms with E-state index in [9.17, 15) is 0 Å². The molecule has 0 radical (unpaired) electrons. The number of alkyl halides is 1. The lowest BCUT2D eigenvalue weighted by Crippen LogP contribution is -2.34. The third-order valence-corrected chi connectivity index (χ3v) is 2.51. The van der Waals surface area contributed by atoms with Gasteiger partial charge in [0.1, 0.15) is 0 Å². The highest BCUT2D eigenvalue weighted by atomic mass is 127. The third-order valence-electron chi connectivity index (χ3n) is 1.75. The first-order valence-electron chi connectivity index (χ1n) is 4.52. The van der Waals surface area contributed by atoms with E-state index in [1.807, 2.05) is 0 Å². The lowest BCUT2D eigenvalue weighted by atomic mass is 10.1. The number of hydrogen-bond acceptors (Lipinski definition) is 1. The predicted octanol–water partition coefficient (Wildman–Crippen LogP) is 2.98. The second kappa shape index (κ2) is 7.35. The van der Waals surface area contributed by atoms with Gasteiger partial charge in [-0.2, -0.15) is 0 Å². The van der Waals surface area contributed by atoms with Crippen molar-refractivity contribution in [2.45, 2.75) is 52.1 Å². The van der Waals surface area contributed by atoms with Crippen molar-refractivity contribution in [2.75, 3.05) is 4.43 Å². The maximum atomic E-state index is 3.56. The van der Waals surface area contributed by atoms with E-state index in [2.05, 4.69) is 48.7 Å². The maximum Gasteiger partial charge on any atom is 0.00670 e. The van der Waals surface area contributed by atoms with E-state index in [0.717, 1.165) is 6.04 Å². The van der Waals surface area contributed by atoms with Crippen LogP contribution in [0.4, 0.5) is 0 Å². The fourth-order valence-electron chi connectivity index (χ4n) is 1.20. The summed E-state index contributed by atoms with van der Waals surface area (Å²) >= 11 is 2.44. The second-order valence-corrected chi connectivity index (χ2v) is 4.34. The van der Waals surface area contributed by atoms with E-state index in [4.69, 9.17) is 0 Å². The van der Waals surface area contributed by atoms with E-state index in [-0.39, 0.29) is 0 Å². The van der Waals surface area contributed by atoms with E-state index in [1.165, 1.54) is 23.7 Å². The molecule has 0 fully saturated rings. The summed E-state index contributed by atoms with van der Waals surface area (Å²) in [5.74, 6) is 0. The quantitative estimate of drug-likeness (QED) is 0.577. The Bertz CT molecular complexity index is 83.6. The molecule has 68 valence electrons. The fourth-order valence-corrected chi connectivity index (χ4v) is 1.64. The minimum Gasteiger partial charge on any atom is -0.312 e. The Morgan fingerprint density at radius 2 is 2.00 bits per heavy atom. The molecule has 1 unspecified atom stereocenters. The molecule has 0 aliphatic rings. The Kier molecular flexibility index (Phi) is 7.81. The summed E-state index contributed by atoms with van der Waals surface area (Å²) in [4.78, 5) is 0. The van der Waals surface area contributed by atoms with Crippen LogP contribution in [-0.2, 0) is 0 Å². The molecule has 0 saturated carbocycles. The lowest BCUT2D eigenvalue weighted by Gasteiger charge is -2.18. The maximum absolute atomic E-state index is 3.56. The molecule has 11 heavy (non-hydrogen) atoms. The summed E-state index contributed by atoms with van der Waals surface area (Å²) in [6.45, 7) is 6.69. The van der Waals surface area contributed by atoms with Crippen molar-refractivity contribution in [3.8, 4) is 0 Å². The van der Waals surface area contributed by atoms with Crippen molar-refractivity contribution in [2.24, 2.45) is 0 Å². The van der Waals surface area contributed by atoms with Crippen molar-refractivity contribution in [1.82, 2.24) is 5.32 Å². The molecule has 1 N–H and O–H groups in total. The van der Waals surface area contributed by atoms with Crippen LogP contribution in [0.2, 0.25) is 0 Å². The molecular weight excluding hydrogens is 249 g/mol. The molecular formula is C9H20IN. The summed E-state index contributed by atoms with van der Waals surface area (Å²) in [7, 11) is 0. The smallest absolute Gasteiger partial charge is 0.00670 e. The van der Waals surface area contributed by atoms with Gasteiger partial charge in [-0.25, -0.2) is 0 Å². The highest BCUT2D eigenvalue weighted by molar-refractivity contribution is 14.1. The molecule has 1 nitrogen and oxygen atoms in total. The average Bonchev–Trinajstić information content (AvgIpc) is 1.97. The van der Waals surface area contributed by atoms with Crippen LogP contribution in [-0.4, -0.2) is 16.5 Å². The molecule has 0 aliphatic carbocycles. The predicted molar refractivity (Wildman–Crippen MR) is 60.5 cm³/mol. The van der Waals surface area contributed by atoms with E-state index in [0.29, 0.717) is 6.04 Å². The highest BCUT2D eigenvalue weighted by Crippen LogP contribution is 2.04. The molecule has 0 spiro atoms. The zero-order valence-corrected chi connectivity index (χ0v) is 10.0. The molecule has 0 rings (SSSR count). The van der Waals surface area contributed by atoms with Crippen LogP contribution in [0.15, 0.2) is 0 Å². The van der Waals surface area contributed by atoms with Gasteiger partial charge in [-0.15, -0.1) is 0 Å². The van der Waals surface area contributed by atoms with Gasteiger partial charge in [0.2, 0.25) is 0 Å². The summed E-state index contributed by atoms with van der Waals surface area (Å²) in [6, 6.07) is 1.37. The molecule has 0 aromatic heterocycles. The molecule has 0 aromatic rings. The SMILES string of the molecule is CCC(CCCI)NC(C)C. The average molecular weight is 269 g/mol. The first kappa shape index (κ1) is 11.7. The standard InChI is InChI=1S/C9H20IN/c1-4-9(6-5-7-10)11-8(2)3/h8-9,11H,4-7H2,1-3H3. The molecule has 2 heteroatoms. The first-order chi connectivity index (χ1) is 5.20. The van der Waals surface area contributed by atoms with Gasteiger partial charge in [0.15, 0.2) is 0 Å². The summed E-state index contributed by atoms with van der Waals surface area (Å²) in [5, 5.41) is 3.56. The van der Waals surface area contributed by atoms with Gasteiger partial charge in [0, 0.05) is 12.1 Å². The second-order valence-electron chi connectivity index (χ2n) is 3.26. The molecule has 1 atom stereocenters. The van der Waals surface area contributed by atoms with Crippen molar-refractivity contribution in [3.05, 3.63) is 0 Å².